The SMILES string of the molecule is COC(=O)c1cc(C(=O)O)nc2c(OC)c(OC)c3ccccc3c12. The number of benzene rings is 2. The van der Waals surface area contributed by atoms with Crippen LogP contribution in [0.3, 0.4) is 0 Å². The topological polar surface area (TPSA) is 95.0 Å². The Bertz CT molecular complexity index is 1010. The first-order chi connectivity index (χ1) is 12.0. The summed E-state index contributed by atoms with van der Waals surface area (Å²) in [5, 5.41) is 11.2. The van der Waals surface area contributed by atoms with Crippen molar-refractivity contribution in [3.8, 4) is 11.5 Å². The molecule has 0 radical (unpaired) electrons. The van der Waals surface area contributed by atoms with Crippen molar-refractivity contribution < 1.29 is 28.9 Å². The van der Waals surface area contributed by atoms with Crippen molar-refractivity contribution in [1.29, 1.82) is 0 Å². The molecular weight excluding hydrogens is 326 g/mol. The molecule has 3 aromatic rings. The van der Waals surface area contributed by atoms with E-state index in [2.05, 4.69) is 4.98 Å². The lowest BCUT2D eigenvalue weighted by Crippen LogP contribution is -2.09. The van der Waals surface area contributed by atoms with Gasteiger partial charge in [0.15, 0.2) is 11.5 Å². The minimum absolute atomic E-state index is 0.0991. The Kier molecular flexibility index (Phi) is 4.14. The van der Waals surface area contributed by atoms with Gasteiger partial charge in [-0.2, -0.15) is 0 Å². The van der Waals surface area contributed by atoms with Crippen molar-refractivity contribution in [3.63, 3.8) is 0 Å². The van der Waals surface area contributed by atoms with Crippen LogP contribution in [0.15, 0.2) is 30.3 Å². The van der Waals surface area contributed by atoms with Crippen LogP contribution in [0.25, 0.3) is 21.7 Å². The number of ether oxygens (including phenoxy) is 3. The zero-order valence-electron chi connectivity index (χ0n) is 13.8. The Balaban J connectivity index is 2.64. The lowest BCUT2D eigenvalue weighted by Gasteiger charge is -2.16. The number of nitrogens with zero attached hydrogens (tertiary/aromatic N) is 1. The number of aromatic carboxylic acids is 1. The number of methoxy groups -OCH3 is 3. The Morgan fingerprint density at radius 3 is 2.20 bits per heavy atom. The van der Waals surface area contributed by atoms with Crippen LogP contribution in [0.4, 0.5) is 0 Å². The second-order valence-electron chi connectivity index (χ2n) is 5.19. The molecule has 0 aliphatic rings. The van der Waals surface area contributed by atoms with Gasteiger partial charge in [0.2, 0.25) is 0 Å². The monoisotopic (exact) mass is 341 g/mol. The fourth-order valence-corrected chi connectivity index (χ4v) is 2.88. The van der Waals surface area contributed by atoms with E-state index in [4.69, 9.17) is 14.2 Å². The largest absolute Gasteiger partial charge is 0.492 e. The van der Waals surface area contributed by atoms with Gasteiger partial charge in [-0.1, -0.05) is 24.3 Å². The highest BCUT2D eigenvalue weighted by molar-refractivity contribution is 6.20. The van der Waals surface area contributed by atoms with Gasteiger partial charge in [-0.05, 0) is 11.5 Å². The van der Waals surface area contributed by atoms with E-state index < -0.39 is 11.9 Å². The summed E-state index contributed by atoms with van der Waals surface area (Å²) in [5.74, 6) is -1.26. The molecule has 0 saturated heterocycles. The molecule has 0 aliphatic carbocycles. The smallest absolute Gasteiger partial charge is 0.354 e. The number of fused-ring (bicyclic) bond motifs is 3. The molecule has 0 amide bonds. The quantitative estimate of drug-likeness (QED) is 0.576. The lowest BCUT2D eigenvalue weighted by atomic mass is 9.98. The van der Waals surface area contributed by atoms with E-state index in [9.17, 15) is 14.7 Å². The van der Waals surface area contributed by atoms with Gasteiger partial charge < -0.3 is 19.3 Å². The summed E-state index contributed by atoms with van der Waals surface area (Å²) in [6, 6.07) is 8.46. The molecule has 0 saturated carbocycles. The molecule has 1 N–H and O–H groups in total. The number of carbonyl (C=O) groups is 2. The summed E-state index contributed by atoms with van der Waals surface area (Å²) in [6.45, 7) is 0. The molecule has 25 heavy (non-hydrogen) atoms. The van der Waals surface area contributed by atoms with Gasteiger partial charge in [-0.25, -0.2) is 14.6 Å². The number of pyridine rings is 1. The van der Waals surface area contributed by atoms with Crippen LogP contribution >= 0.6 is 0 Å². The number of hydrogen-bond donors (Lipinski definition) is 1. The summed E-state index contributed by atoms with van der Waals surface area (Å²) >= 11 is 0. The molecular formula is C18H15NO6. The Hall–Kier alpha value is -3.35. The number of hydrogen-bond acceptors (Lipinski definition) is 6. The average Bonchev–Trinajstić information content (AvgIpc) is 2.64. The Morgan fingerprint density at radius 1 is 1.00 bits per heavy atom. The first-order valence-corrected chi connectivity index (χ1v) is 7.32. The van der Waals surface area contributed by atoms with Crippen LogP contribution < -0.4 is 9.47 Å². The third-order valence-electron chi connectivity index (χ3n) is 3.91. The third kappa shape index (κ3) is 2.50. The summed E-state index contributed by atoms with van der Waals surface area (Å²) < 4.78 is 15.7. The van der Waals surface area contributed by atoms with Crippen LogP contribution in [0.2, 0.25) is 0 Å². The standard InChI is InChI=1S/C18H15NO6/c1-23-15-10-7-5-4-6-9(10)13-11(18(22)25-3)8-12(17(20)21)19-14(13)16(15)24-2/h4-8H,1-3H3,(H,20,21). The molecule has 3 rings (SSSR count). The van der Waals surface area contributed by atoms with Crippen LogP contribution in [-0.4, -0.2) is 43.4 Å². The molecule has 0 atom stereocenters. The van der Waals surface area contributed by atoms with Crippen LogP contribution in [-0.2, 0) is 4.74 Å². The van der Waals surface area contributed by atoms with Gasteiger partial charge in [-0.15, -0.1) is 0 Å². The summed E-state index contributed by atoms with van der Waals surface area (Å²) in [4.78, 5) is 27.9. The van der Waals surface area contributed by atoms with Crippen LogP contribution in [0.5, 0.6) is 11.5 Å². The first kappa shape index (κ1) is 16.5. The lowest BCUT2D eigenvalue weighted by molar-refractivity contribution is 0.0603. The predicted octanol–water partition coefficient (Wildman–Crippen LogP) is 2.89. The number of carboxylic acids is 1. The molecule has 2 aromatic carbocycles. The number of carboxylic acid groups (broad SMARTS) is 1. The maximum absolute atomic E-state index is 12.3. The maximum atomic E-state index is 12.3. The van der Waals surface area contributed by atoms with E-state index >= 15 is 0 Å². The van der Waals surface area contributed by atoms with Crippen molar-refractivity contribution >= 4 is 33.6 Å². The van der Waals surface area contributed by atoms with Gasteiger partial charge >= 0.3 is 11.9 Å². The zero-order valence-corrected chi connectivity index (χ0v) is 13.8. The normalized spacial score (nSPS) is 10.7. The number of aromatic nitrogens is 1. The van der Waals surface area contributed by atoms with Crippen molar-refractivity contribution in [3.05, 3.63) is 41.6 Å². The molecule has 0 spiro atoms. The zero-order chi connectivity index (χ0) is 18.1. The van der Waals surface area contributed by atoms with Gasteiger partial charge in [0.25, 0.3) is 0 Å². The molecule has 128 valence electrons. The number of rotatable bonds is 4. The summed E-state index contributed by atoms with van der Waals surface area (Å²) in [7, 11) is 4.15. The molecule has 7 nitrogen and oxygen atoms in total. The molecule has 1 aromatic heterocycles. The maximum Gasteiger partial charge on any atom is 0.354 e. The Morgan fingerprint density at radius 2 is 1.64 bits per heavy atom. The number of esters is 1. The van der Waals surface area contributed by atoms with Crippen molar-refractivity contribution in [2.45, 2.75) is 0 Å². The summed E-state index contributed by atoms with van der Waals surface area (Å²) in [5.41, 5.74) is 0.0314. The fraction of sp³-hybridized carbons (Fsp3) is 0.167. The van der Waals surface area contributed by atoms with Gasteiger partial charge in [-0.3, -0.25) is 0 Å². The van der Waals surface area contributed by atoms with E-state index in [-0.39, 0.29) is 22.5 Å². The van der Waals surface area contributed by atoms with Gasteiger partial charge in [0.1, 0.15) is 11.2 Å². The van der Waals surface area contributed by atoms with E-state index in [1.165, 1.54) is 27.4 Å². The van der Waals surface area contributed by atoms with Gasteiger partial charge in [0.05, 0.1) is 26.9 Å². The second-order valence-corrected chi connectivity index (χ2v) is 5.19. The van der Waals surface area contributed by atoms with E-state index in [0.29, 0.717) is 21.9 Å². The van der Waals surface area contributed by atoms with Crippen molar-refractivity contribution in [2.75, 3.05) is 21.3 Å². The highest BCUT2D eigenvalue weighted by atomic mass is 16.5. The third-order valence-corrected chi connectivity index (χ3v) is 3.91. The minimum atomic E-state index is -1.26. The number of carbonyl (C=O) groups excluding carboxylic acids is 1. The average molecular weight is 341 g/mol. The van der Waals surface area contributed by atoms with E-state index in [0.717, 1.165) is 0 Å². The molecule has 0 unspecified atom stereocenters. The van der Waals surface area contributed by atoms with Crippen LogP contribution in [0.1, 0.15) is 20.8 Å². The fourth-order valence-electron chi connectivity index (χ4n) is 2.88. The first-order valence-electron chi connectivity index (χ1n) is 7.32. The molecule has 7 heteroatoms. The Labute approximate surface area is 142 Å². The molecule has 1 heterocycles. The minimum Gasteiger partial charge on any atom is -0.492 e. The predicted molar refractivity (Wildman–Crippen MR) is 90.7 cm³/mol. The van der Waals surface area contributed by atoms with Gasteiger partial charge in [0, 0.05) is 10.8 Å². The van der Waals surface area contributed by atoms with E-state index in [1.54, 1.807) is 12.1 Å². The van der Waals surface area contributed by atoms with Crippen LogP contribution in [0, 0.1) is 0 Å². The molecule has 0 fully saturated rings. The highest BCUT2D eigenvalue weighted by Gasteiger charge is 2.24. The van der Waals surface area contributed by atoms with E-state index in [1.807, 2.05) is 12.1 Å². The summed E-state index contributed by atoms with van der Waals surface area (Å²) in [6.07, 6.45) is 0. The van der Waals surface area contributed by atoms with Crippen molar-refractivity contribution in [2.24, 2.45) is 0 Å². The second kappa shape index (κ2) is 6.27. The highest BCUT2D eigenvalue weighted by Crippen LogP contribution is 2.43. The molecule has 0 aliphatic heterocycles. The van der Waals surface area contributed by atoms with Crippen molar-refractivity contribution in [1.82, 2.24) is 4.98 Å². The molecule has 0 bridgehead atoms.